The van der Waals surface area contributed by atoms with E-state index in [2.05, 4.69) is 55.3 Å². The molecule has 122 valence electrons. The first-order chi connectivity index (χ1) is 11.1. The minimum atomic E-state index is -1.64. The van der Waals surface area contributed by atoms with E-state index in [-0.39, 0.29) is 5.82 Å². The number of aryl methyl sites for hydroxylation is 1. The summed E-state index contributed by atoms with van der Waals surface area (Å²) in [4.78, 5) is 0. The molecule has 2 heteroatoms. The van der Waals surface area contributed by atoms with E-state index in [4.69, 9.17) is 0 Å². The van der Waals surface area contributed by atoms with Crippen molar-refractivity contribution in [3.63, 3.8) is 0 Å². The van der Waals surface area contributed by atoms with Crippen LogP contribution in [-0.2, 0) is 6.16 Å². The predicted molar refractivity (Wildman–Crippen MR) is 102 cm³/mol. The number of rotatable bonds is 4. The second-order valence-electron chi connectivity index (χ2n) is 7.06. The van der Waals surface area contributed by atoms with Crippen molar-refractivity contribution < 1.29 is 4.39 Å². The fourth-order valence-electron chi connectivity index (χ4n) is 3.94. The second-order valence-corrected chi connectivity index (χ2v) is 11.9. The molecule has 0 aromatic heterocycles. The monoisotopic (exact) mass is 328 g/mol. The van der Waals surface area contributed by atoms with Gasteiger partial charge in [-0.25, -0.2) is 0 Å². The Balaban J connectivity index is 1.94. The van der Waals surface area contributed by atoms with Gasteiger partial charge in [0, 0.05) is 0 Å². The van der Waals surface area contributed by atoms with E-state index in [0.717, 1.165) is 24.6 Å². The Morgan fingerprint density at radius 3 is 2.09 bits per heavy atom. The molecule has 0 N–H and O–H groups in total. The van der Waals surface area contributed by atoms with Crippen molar-refractivity contribution >= 4 is 7.26 Å². The molecular formula is C21H26FP. The molecular weight excluding hydrogens is 302 g/mol. The molecule has 1 aromatic carbocycles. The maximum absolute atomic E-state index is 13.5. The average Bonchev–Trinajstić information content (AvgIpc) is 2.59. The Hall–Kier alpha value is -1.46. The summed E-state index contributed by atoms with van der Waals surface area (Å²) >= 11 is 0. The van der Waals surface area contributed by atoms with E-state index in [1.807, 2.05) is 13.0 Å². The van der Waals surface area contributed by atoms with Gasteiger partial charge >= 0.3 is 139 Å². The third-order valence-corrected chi connectivity index (χ3v) is 10.9. The number of allylic oxidation sites excluding steroid dienone is 8. The van der Waals surface area contributed by atoms with Crippen LogP contribution in [0.15, 0.2) is 66.8 Å². The third-order valence-electron chi connectivity index (χ3n) is 5.53. The number of benzene rings is 1. The summed E-state index contributed by atoms with van der Waals surface area (Å²) in [7, 11) is -1.64. The van der Waals surface area contributed by atoms with Crippen molar-refractivity contribution in [2.75, 3.05) is 6.66 Å². The van der Waals surface area contributed by atoms with Crippen LogP contribution in [0.5, 0.6) is 0 Å². The summed E-state index contributed by atoms with van der Waals surface area (Å²) in [6, 6.07) is 5.29. The van der Waals surface area contributed by atoms with Gasteiger partial charge in [0.15, 0.2) is 0 Å². The summed E-state index contributed by atoms with van der Waals surface area (Å²) in [5.41, 5.74) is 3.72. The summed E-state index contributed by atoms with van der Waals surface area (Å²) in [6.07, 6.45) is 21.6. The molecule has 3 rings (SSSR count). The van der Waals surface area contributed by atoms with E-state index in [9.17, 15) is 4.39 Å². The van der Waals surface area contributed by atoms with Crippen molar-refractivity contribution in [3.05, 3.63) is 83.8 Å². The molecule has 0 heterocycles. The molecule has 0 spiro atoms. The zero-order valence-corrected chi connectivity index (χ0v) is 15.0. The first kappa shape index (κ1) is 16.4. The molecule has 0 bridgehead atoms. The van der Waals surface area contributed by atoms with Crippen molar-refractivity contribution in [3.8, 4) is 0 Å². The summed E-state index contributed by atoms with van der Waals surface area (Å²) in [5.74, 6) is -0.129. The standard InChI is InChI=1S/C21H26FP/c1-17-15-19(22)14-13-18(17)16-23(2,20-9-5-3-6-10-20)21-11-7-4-8-12-21/h3-9,11,13-15,20-21,23H,10,12,16H2,1-2H3. The summed E-state index contributed by atoms with van der Waals surface area (Å²) in [5, 5.41) is 0. The molecule has 0 aliphatic heterocycles. The SMILES string of the molecule is Cc1cc(F)ccc1C[PH](C)(C1C=CC=CC1)C1C=CC=CC1. The van der Waals surface area contributed by atoms with E-state index in [0.29, 0.717) is 11.3 Å². The van der Waals surface area contributed by atoms with Crippen LogP contribution in [0, 0.1) is 12.7 Å². The van der Waals surface area contributed by atoms with Crippen LogP contribution in [0.25, 0.3) is 0 Å². The zero-order chi connectivity index (χ0) is 16.3. The van der Waals surface area contributed by atoms with Gasteiger partial charge in [-0.05, 0) is 0 Å². The second kappa shape index (κ2) is 6.97. The van der Waals surface area contributed by atoms with E-state index in [1.165, 1.54) is 5.56 Å². The van der Waals surface area contributed by atoms with Gasteiger partial charge in [0.25, 0.3) is 0 Å². The molecule has 23 heavy (non-hydrogen) atoms. The molecule has 0 nitrogen and oxygen atoms in total. The molecule has 2 aliphatic rings. The molecule has 2 unspecified atom stereocenters. The van der Waals surface area contributed by atoms with Gasteiger partial charge in [-0.2, -0.15) is 0 Å². The van der Waals surface area contributed by atoms with Crippen molar-refractivity contribution in [1.29, 1.82) is 0 Å². The Labute approximate surface area is 139 Å². The first-order valence-electron chi connectivity index (χ1n) is 8.51. The van der Waals surface area contributed by atoms with Gasteiger partial charge in [-0.15, -0.1) is 0 Å². The number of hydrogen-bond donors (Lipinski definition) is 0. The molecule has 2 atom stereocenters. The van der Waals surface area contributed by atoms with Gasteiger partial charge in [0.1, 0.15) is 0 Å². The summed E-state index contributed by atoms with van der Waals surface area (Å²) < 4.78 is 13.5. The maximum atomic E-state index is 13.5. The van der Waals surface area contributed by atoms with Crippen LogP contribution in [0.3, 0.4) is 0 Å². The molecule has 0 saturated heterocycles. The third kappa shape index (κ3) is 3.56. The Kier molecular flexibility index (Phi) is 4.97. The van der Waals surface area contributed by atoms with Gasteiger partial charge in [0.05, 0.1) is 0 Å². The van der Waals surface area contributed by atoms with Crippen LogP contribution < -0.4 is 0 Å². The van der Waals surface area contributed by atoms with E-state index in [1.54, 1.807) is 12.1 Å². The summed E-state index contributed by atoms with van der Waals surface area (Å²) in [6.45, 7) is 4.58. The topological polar surface area (TPSA) is 0 Å². The van der Waals surface area contributed by atoms with Crippen LogP contribution in [0.1, 0.15) is 24.0 Å². The van der Waals surface area contributed by atoms with Gasteiger partial charge in [-0.1, -0.05) is 0 Å². The fraction of sp³-hybridized carbons (Fsp3) is 0.333. The molecule has 0 amide bonds. The molecule has 0 saturated carbocycles. The Morgan fingerprint density at radius 1 is 1.00 bits per heavy atom. The van der Waals surface area contributed by atoms with Gasteiger partial charge in [-0.3, -0.25) is 0 Å². The molecule has 0 fully saturated rings. The van der Waals surface area contributed by atoms with E-state index >= 15 is 0 Å². The first-order valence-corrected chi connectivity index (χ1v) is 11.4. The minimum absolute atomic E-state index is 0.129. The molecule has 1 aromatic rings. The normalized spacial score (nSPS) is 24.1. The number of hydrogen-bond acceptors (Lipinski definition) is 0. The zero-order valence-electron chi connectivity index (χ0n) is 14.0. The predicted octanol–water partition coefficient (Wildman–Crippen LogP) is 5.78. The van der Waals surface area contributed by atoms with Crippen LogP contribution >= 0.6 is 7.26 Å². The molecule has 2 aliphatic carbocycles. The van der Waals surface area contributed by atoms with Crippen LogP contribution in [0.2, 0.25) is 0 Å². The van der Waals surface area contributed by atoms with Crippen molar-refractivity contribution in [2.45, 2.75) is 37.2 Å². The van der Waals surface area contributed by atoms with Gasteiger partial charge < -0.3 is 0 Å². The quantitative estimate of drug-likeness (QED) is 0.614. The Morgan fingerprint density at radius 2 is 1.61 bits per heavy atom. The van der Waals surface area contributed by atoms with Gasteiger partial charge in [0.2, 0.25) is 0 Å². The van der Waals surface area contributed by atoms with E-state index < -0.39 is 7.26 Å². The van der Waals surface area contributed by atoms with Crippen molar-refractivity contribution in [1.82, 2.24) is 0 Å². The van der Waals surface area contributed by atoms with Crippen LogP contribution in [-0.4, -0.2) is 18.0 Å². The Bertz CT molecular complexity index is 651. The van der Waals surface area contributed by atoms with Crippen LogP contribution in [0.4, 0.5) is 4.39 Å². The average molecular weight is 328 g/mol. The molecule has 0 radical (unpaired) electrons. The fourth-order valence-corrected chi connectivity index (χ4v) is 8.69. The van der Waals surface area contributed by atoms with Crippen molar-refractivity contribution in [2.24, 2.45) is 0 Å². The number of halogens is 1.